The fourth-order valence-electron chi connectivity index (χ4n) is 1.20. The van der Waals surface area contributed by atoms with Crippen molar-refractivity contribution in [2.75, 3.05) is 7.11 Å². The fourth-order valence-corrected chi connectivity index (χ4v) is 1.20. The Kier molecular flexibility index (Phi) is 4.45. The summed E-state index contributed by atoms with van der Waals surface area (Å²) in [5.74, 6) is 0.795. The second kappa shape index (κ2) is 5.64. The van der Waals surface area contributed by atoms with Crippen molar-refractivity contribution in [3.8, 4) is 5.75 Å². The number of benzene rings is 1. The zero-order valence-corrected chi connectivity index (χ0v) is 8.19. The monoisotopic (exact) mass is 195 g/mol. The highest BCUT2D eigenvalue weighted by Crippen LogP contribution is 2.11. The van der Waals surface area contributed by atoms with Gasteiger partial charge in [0.15, 0.2) is 0 Å². The van der Waals surface area contributed by atoms with Gasteiger partial charge in [-0.05, 0) is 29.6 Å². The van der Waals surface area contributed by atoms with E-state index in [1.54, 1.807) is 7.11 Å². The highest BCUT2D eigenvalue weighted by molar-refractivity contribution is 6.47. The normalized spacial score (nSPS) is 9.93. The third kappa shape index (κ3) is 2.73. The maximum atomic E-state index is 8.01. The zero-order chi connectivity index (χ0) is 10.4. The maximum absolute atomic E-state index is 8.01. The van der Waals surface area contributed by atoms with Gasteiger partial charge in [0.05, 0.1) is 7.11 Å². The van der Waals surface area contributed by atoms with Crippen molar-refractivity contribution in [1.82, 2.24) is 0 Å². The third-order valence-electron chi connectivity index (χ3n) is 1.95. The van der Waals surface area contributed by atoms with Crippen molar-refractivity contribution in [3.05, 3.63) is 23.8 Å². The SMILES string of the molecule is CCc1cc(OC)ccc1[B]OOO. The van der Waals surface area contributed by atoms with Crippen LogP contribution in [0.3, 0.4) is 0 Å². The smallest absolute Gasteiger partial charge is 0.386 e. The molecule has 0 bridgehead atoms. The molecule has 1 radical (unpaired) electrons. The molecule has 0 aliphatic rings. The lowest BCUT2D eigenvalue weighted by Gasteiger charge is -2.07. The van der Waals surface area contributed by atoms with E-state index in [0.29, 0.717) is 0 Å². The largest absolute Gasteiger partial charge is 0.497 e. The molecule has 1 aromatic rings. The van der Waals surface area contributed by atoms with Crippen molar-refractivity contribution in [3.63, 3.8) is 0 Å². The van der Waals surface area contributed by atoms with Crippen LogP contribution in [0.1, 0.15) is 12.5 Å². The van der Waals surface area contributed by atoms with E-state index in [9.17, 15) is 0 Å². The summed E-state index contributed by atoms with van der Waals surface area (Å²) >= 11 is 0. The third-order valence-corrected chi connectivity index (χ3v) is 1.95. The van der Waals surface area contributed by atoms with Crippen LogP contribution in [0.25, 0.3) is 0 Å². The Morgan fingerprint density at radius 3 is 2.79 bits per heavy atom. The van der Waals surface area contributed by atoms with Gasteiger partial charge in [0.1, 0.15) is 5.75 Å². The predicted octanol–water partition coefficient (Wildman–Crippen LogP) is 0.923. The minimum absolute atomic E-state index is 0.795. The highest BCUT2D eigenvalue weighted by atomic mass is 17.5. The van der Waals surface area contributed by atoms with E-state index in [-0.39, 0.29) is 0 Å². The highest BCUT2D eigenvalue weighted by Gasteiger charge is 2.06. The van der Waals surface area contributed by atoms with Gasteiger partial charge >= 0.3 is 7.48 Å². The van der Waals surface area contributed by atoms with Crippen molar-refractivity contribution in [2.45, 2.75) is 13.3 Å². The van der Waals surface area contributed by atoms with E-state index in [2.05, 4.69) is 9.84 Å². The molecule has 0 atom stereocenters. The minimum atomic E-state index is 0.795. The predicted molar refractivity (Wildman–Crippen MR) is 52.6 cm³/mol. The average Bonchev–Trinajstić information content (AvgIpc) is 2.26. The van der Waals surface area contributed by atoms with Gasteiger partial charge in [0, 0.05) is 0 Å². The van der Waals surface area contributed by atoms with Gasteiger partial charge in [-0.2, -0.15) is 0 Å². The van der Waals surface area contributed by atoms with Gasteiger partial charge in [-0.25, -0.2) is 5.26 Å². The maximum Gasteiger partial charge on any atom is 0.386 e. The molecular weight excluding hydrogens is 183 g/mol. The Hall–Kier alpha value is -1.04. The summed E-state index contributed by atoms with van der Waals surface area (Å²) in [7, 11) is 2.95. The van der Waals surface area contributed by atoms with Crippen LogP contribution in [-0.4, -0.2) is 19.8 Å². The fraction of sp³-hybridized carbons (Fsp3) is 0.333. The van der Waals surface area contributed by atoms with Crippen LogP contribution < -0.4 is 10.2 Å². The van der Waals surface area contributed by atoms with Crippen LogP contribution >= 0.6 is 0 Å². The van der Waals surface area contributed by atoms with Gasteiger partial charge in [-0.1, -0.05) is 18.0 Å². The van der Waals surface area contributed by atoms with E-state index in [1.807, 2.05) is 25.1 Å². The summed E-state index contributed by atoms with van der Waals surface area (Å²) < 4.78 is 5.08. The quantitative estimate of drug-likeness (QED) is 0.431. The molecule has 1 N–H and O–H groups in total. The first-order valence-electron chi connectivity index (χ1n) is 4.28. The van der Waals surface area contributed by atoms with Gasteiger partial charge in [0.25, 0.3) is 0 Å². The Balaban J connectivity index is 2.82. The molecule has 0 aromatic heterocycles. The summed E-state index contributed by atoms with van der Waals surface area (Å²) in [4.78, 5) is 4.33. The summed E-state index contributed by atoms with van der Waals surface area (Å²) in [5, 5.41) is 11.5. The molecule has 0 fully saturated rings. The van der Waals surface area contributed by atoms with Crippen molar-refractivity contribution in [2.24, 2.45) is 0 Å². The summed E-state index contributed by atoms with van der Waals surface area (Å²) in [6.45, 7) is 2.02. The molecule has 0 spiro atoms. The lowest BCUT2D eigenvalue weighted by molar-refractivity contribution is -0.441. The van der Waals surface area contributed by atoms with Crippen LogP contribution in [0.15, 0.2) is 18.2 Å². The molecule has 0 unspecified atom stereocenters. The standard InChI is InChI=1S/C9H12BO4/c1-3-7-6-8(12-2)4-5-9(7)10-13-14-11/h4-6,11H,3H2,1-2H3. The Bertz CT molecular complexity index is 290. The first-order valence-corrected chi connectivity index (χ1v) is 4.28. The molecule has 0 aliphatic heterocycles. The second-order valence-corrected chi connectivity index (χ2v) is 2.71. The Labute approximate surface area is 83.5 Å². The first-order chi connectivity index (χ1) is 6.81. The van der Waals surface area contributed by atoms with Crippen LogP contribution in [-0.2, 0) is 16.3 Å². The lowest BCUT2D eigenvalue weighted by Crippen LogP contribution is -2.21. The number of methoxy groups -OCH3 is 1. The number of hydrogen-bond donors (Lipinski definition) is 1. The molecule has 0 amide bonds. The van der Waals surface area contributed by atoms with E-state index >= 15 is 0 Å². The molecule has 0 saturated heterocycles. The van der Waals surface area contributed by atoms with E-state index in [4.69, 9.17) is 9.99 Å². The first kappa shape index (κ1) is 11.0. The second-order valence-electron chi connectivity index (χ2n) is 2.71. The van der Waals surface area contributed by atoms with Crippen LogP contribution in [0.5, 0.6) is 5.75 Å². The van der Waals surface area contributed by atoms with Crippen LogP contribution in [0, 0.1) is 0 Å². The molecule has 0 saturated carbocycles. The van der Waals surface area contributed by atoms with E-state index in [0.717, 1.165) is 23.2 Å². The average molecular weight is 195 g/mol. The zero-order valence-electron chi connectivity index (χ0n) is 8.19. The summed E-state index contributed by atoms with van der Waals surface area (Å²) in [6.07, 6.45) is 0.845. The minimum Gasteiger partial charge on any atom is -0.497 e. The van der Waals surface area contributed by atoms with Gasteiger partial charge in [-0.3, -0.25) is 4.81 Å². The van der Waals surface area contributed by atoms with E-state index in [1.165, 1.54) is 7.48 Å². The molecule has 4 nitrogen and oxygen atoms in total. The van der Waals surface area contributed by atoms with Crippen molar-refractivity contribution < 1.29 is 19.8 Å². The van der Waals surface area contributed by atoms with Crippen LogP contribution in [0.2, 0.25) is 0 Å². The Morgan fingerprint density at radius 1 is 1.43 bits per heavy atom. The van der Waals surface area contributed by atoms with Crippen LogP contribution in [0.4, 0.5) is 0 Å². The van der Waals surface area contributed by atoms with Gasteiger partial charge in [0.2, 0.25) is 0 Å². The number of rotatable bonds is 5. The molecule has 0 heterocycles. The molecule has 5 heteroatoms. The number of ether oxygens (including phenoxy) is 1. The number of hydrogen-bond acceptors (Lipinski definition) is 4. The summed E-state index contributed by atoms with van der Waals surface area (Å²) in [5.41, 5.74) is 1.91. The van der Waals surface area contributed by atoms with Gasteiger partial charge < -0.3 is 4.74 Å². The lowest BCUT2D eigenvalue weighted by atomic mass is 9.83. The van der Waals surface area contributed by atoms with Crippen molar-refractivity contribution in [1.29, 1.82) is 0 Å². The molecule has 1 aromatic carbocycles. The molecular formula is C9H12BO4. The molecule has 75 valence electrons. The molecule has 1 rings (SSSR count). The molecule has 0 aliphatic carbocycles. The van der Waals surface area contributed by atoms with E-state index < -0.39 is 0 Å². The Morgan fingerprint density at radius 2 is 2.21 bits per heavy atom. The number of aryl methyl sites for hydroxylation is 1. The topological polar surface area (TPSA) is 47.9 Å². The summed E-state index contributed by atoms with van der Waals surface area (Å²) in [6, 6.07) is 5.55. The van der Waals surface area contributed by atoms with Gasteiger partial charge in [-0.15, -0.1) is 0 Å². The molecule has 14 heavy (non-hydrogen) atoms. The van der Waals surface area contributed by atoms with Crippen molar-refractivity contribution >= 4 is 12.9 Å².